The van der Waals surface area contributed by atoms with Crippen LogP contribution in [-0.2, 0) is 0 Å². The normalized spacial score (nSPS) is 20.3. The molecule has 0 amide bonds. The minimum atomic E-state index is 0.329. The van der Waals surface area contributed by atoms with E-state index in [-0.39, 0.29) is 0 Å². The predicted octanol–water partition coefficient (Wildman–Crippen LogP) is 1.34. The molecule has 0 bridgehead atoms. The summed E-state index contributed by atoms with van der Waals surface area (Å²) in [5, 5.41) is 3.47. The summed E-state index contributed by atoms with van der Waals surface area (Å²) in [6.45, 7) is 12.1. The van der Waals surface area contributed by atoms with Gasteiger partial charge in [-0.15, -0.1) is 0 Å². The Morgan fingerprint density at radius 2 is 2.22 bits per heavy atom. The smallest absolute Gasteiger partial charge is 0.193 e. The average molecular weight is 272 g/mol. The number of rotatable bonds is 4. The van der Waals surface area contributed by atoms with Crippen LogP contribution in [0, 0.1) is 0 Å². The van der Waals surface area contributed by atoms with Gasteiger partial charge in [-0.1, -0.05) is 6.92 Å². The second kappa shape index (κ2) is 7.24. The van der Waals surface area contributed by atoms with E-state index >= 15 is 0 Å². The lowest BCUT2D eigenvalue weighted by atomic mass is 10.2. The van der Waals surface area contributed by atoms with Crippen molar-refractivity contribution < 1.29 is 0 Å². The van der Waals surface area contributed by atoms with E-state index in [0.29, 0.717) is 4.75 Å². The summed E-state index contributed by atoms with van der Waals surface area (Å²) in [5.41, 5.74) is 0. The van der Waals surface area contributed by atoms with Crippen molar-refractivity contribution in [1.29, 1.82) is 0 Å². The third kappa shape index (κ3) is 5.06. The number of guanidine groups is 1. The third-order valence-corrected chi connectivity index (χ3v) is 4.55. The molecule has 1 heterocycles. The molecule has 4 nitrogen and oxygen atoms in total. The van der Waals surface area contributed by atoms with E-state index in [4.69, 9.17) is 0 Å². The van der Waals surface area contributed by atoms with E-state index < -0.39 is 0 Å². The van der Waals surface area contributed by atoms with Gasteiger partial charge >= 0.3 is 0 Å². The summed E-state index contributed by atoms with van der Waals surface area (Å²) in [5.74, 6) is 2.23. The highest BCUT2D eigenvalue weighted by atomic mass is 32.2. The maximum Gasteiger partial charge on any atom is 0.193 e. The highest BCUT2D eigenvalue weighted by Crippen LogP contribution is 2.29. The molecular weight excluding hydrogens is 244 g/mol. The fourth-order valence-electron chi connectivity index (χ4n) is 2.05. The molecule has 0 aromatic carbocycles. The first-order valence-electron chi connectivity index (χ1n) is 6.76. The molecule has 1 aliphatic rings. The molecule has 1 aliphatic heterocycles. The lowest BCUT2D eigenvalue weighted by molar-refractivity contribution is 0.345. The Labute approximate surface area is 116 Å². The largest absolute Gasteiger partial charge is 0.355 e. The molecule has 0 unspecified atom stereocenters. The van der Waals surface area contributed by atoms with Crippen molar-refractivity contribution in [3.05, 3.63) is 0 Å². The SMILES string of the molecule is CCN(C)CCNC(=NC)N1CCSC(C)(C)C1. The zero-order valence-corrected chi connectivity index (χ0v) is 13.3. The molecule has 0 atom stereocenters. The van der Waals surface area contributed by atoms with Crippen molar-refractivity contribution in [2.75, 3.05) is 52.6 Å². The molecule has 106 valence electrons. The number of likely N-dealkylation sites (N-methyl/N-ethyl adjacent to an activating group) is 1. The maximum atomic E-state index is 4.40. The quantitative estimate of drug-likeness (QED) is 0.618. The molecule has 1 rings (SSSR count). The summed E-state index contributed by atoms with van der Waals surface area (Å²) in [6, 6.07) is 0. The minimum Gasteiger partial charge on any atom is -0.355 e. The molecule has 1 saturated heterocycles. The number of aliphatic imine (C=N–C) groups is 1. The van der Waals surface area contributed by atoms with Gasteiger partial charge in [0.15, 0.2) is 5.96 Å². The van der Waals surface area contributed by atoms with Crippen LogP contribution in [0.3, 0.4) is 0 Å². The van der Waals surface area contributed by atoms with Gasteiger partial charge in [-0.05, 0) is 27.4 Å². The Balaban J connectivity index is 2.41. The first-order valence-corrected chi connectivity index (χ1v) is 7.75. The lowest BCUT2D eigenvalue weighted by Crippen LogP contribution is -2.51. The van der Waals surface area contributed by atoms with Crippen molar-refractivity contribution in [1.82, 2.24) is 15.1 Å². The Kier molecular flexibility index (Phi) is 6.29. The van der Waals surface area contributed by atoms with E-state index in [0.717, 1.165) is 38.7 Å². The summed E-state index contributed by atoms with van der Waals surface area (Å²) in [6.07, 6.45) is 0. The second-order valence-corrected chi connectivity index (χ2v) is 7.20. The highest BCUT2D eigenvalue weighted by Gasteiger charge is 2.28. The predicted molar refractivity (Wildman–Crippen MR) is 82.6 cm³/mol. The van der Waals surface area contributed by atoms with Gasteiger partial charge in [-0.25, -0.2) is 0 Å². The standard InChI is InChI=1S/C13H28N4S/c1-6-16(5)8-7-15-12(14-4)17-9-10-18-13(2,3)11-17/h6-11H2,1-5H3,(H,14,15). The number of nitrogens with zero attached hydrogens (tertiary/aromatic N) is 3. The Morgan fingerprint density at radius 1 is 1.50 bits per heavy atom. The van der Waals surface area contributed by atoms with Gasteiger partial charge < -0.3 is 15.1 Å². The number of hydrogen-bond donors (Lipinski definition) is 1. The van der Waals surface area contributed by atoms with Crippen LogP contribution in [0.5, 0.6) is 0 Å². The number of hydrogen-bond acceptors (Lipinski definition) is 3. The summed E-state index contributed by atoms with van der Waals surface area (Å²) >= 11 is 2.05. The molecule has 18 heavy (non-hydrogen) atoms. The minimum absolute atomic E-state index is 0.329. The van der Waals surface area contributed by atoms with E-state index in [1.54, 1.807) is 0 Å². The first kappa shape index (κ1) is 15.6. The van der Waals surface area contributed by atoms with Crippen LogP contribution < -0.4 is 5.32 Å². The fourth-order valence-corrected chi connectivity index (χ4v) is 3.16. The van der Waals surface area contributed by atoms with Gasteiger partial charge in [0, 0.05) is 43.7 Å². The van der Waals surface area contributed by atoms with Gasteiger partial charge in [0.25, 0.3) is 0 Å². The van der Waals surface area contributed by atoms with Gasteiger partial charge in [-0.2, -0.15) is 11.8 Å². The van der Waals surface area contributed by atoms with E-state index in [9.17, 15) is 0 Å². The fraction of sp³-hybridized carbons (Fsp3) is 0.923. The lowest BCUT2D eigenvalue weighted by Gasteiger charge is -2.39. The van der Waals surface area contributed by atoms with Crippen molar-refractivity contribution >= 4 is 17.7 Å². The molecule has 0 spiro atoms. The first-order chi connectivity index (χ1) is 8.48. The number of nitrogens with one attached hydrogen (secondary N) is 1. The van der Waals surface area contributed by atoms with Crippen LogP contribution in [-0.4, -0.2) is 73.1 Å². The molecule has 0 radical (unpaired) electrons. The average Bonchev–Trinajstić information content (AvgIpc) is 2.33. The van der Waals surface area contributed by atoms with Crippen LogP contribution in [0.15, 0.2) is 4.99 Å². The summed E-state index contributed by atoms with van der Waals surface area (Å²) in [4.78, 5) is 9.08. The van der Waals surface area contributed by atoms with Gasteiger partial charge in [0.1, 0.15) is 0 Å². The highest BCUT2D eigenvalue weighted by molar-refractivity contribution is 8.00. The Morgan fingerprint density at radius 3 is 2.78 bits per heavy atom. The van der Waals surface area contributed by atoms with Gasteiger partial charge in [-0.3, -0.25) is 4.99 Å². The number of thioether (sulfide) groups is 1. The maximum absolute atomic E-state index is 4.40. The van der Waals surface area contributed by atoms with Crippen molar-refractivity contribution in [2.24, 2.45) is 4.99 Å². The van der Waals surface area contributed by atoms with Crippen LogP contribution in [0.2, 0.25) is 0 Å². The monoisotopic (exact) mass is 272 g/mol. The molecule has 1 fully saturated rings. The zero-order valence-electron chi connectivity index (χ0n) is 12.5. The van der Waals surface area contributed by atoms with Crippen LogP contribution in [0.4, 0.5) is 0 Å². The summed E-state index contributed by atoms with van der Waals surface area (Å²) < 4.78 is 0.329. The van der Waals surface area contributed by atoms with Crippen LogP contribution in [0.1, 0.15) is 20.8 Å². The van der Waals surface area contributed by atoms with Gasteiger partial charge in [0.2, 0.25) is 0 Å². The van der Waals surface area contributed by atoms with Crippen molar-refractivity contribution in [2.45, 2.75) is 25.5 Å². The molecule has 1 N–H and O–H groups in total. The van der Waals surface area contributed by atoms with E-state index in [1.165, 1.54) is 5.75 Å². The molecule has 0 aromatic heterocycles. The zero-order chi connectivity index (χ0) is 13.6. The molecule has 0 saturated carbocycles. The van der Waals surface area contributed by atoms with Gasteiger partial charge in [0.05, 0.1) is 0 Å². The van der Waals surface area contributed by atoms with Crippen molar-refractivity contribution in [3.63, 3.8) is 0 Å². The molecule has 5 heteroatoms. The Hall–Kier alpha value is -0.420. The van der Waals surface area contributed by atoms with Crippen LogP contribution >= 0.6 is 11.8 Å². The molecular formula is C13H28N4S. The Bertz CT molecular complexity index is 278. The molecule has 0 aliphatic carbocycles. The van der Waals surface area contributed by atoms with E-state index in [1.807, 2.05) is 7.05 Å². The molecule has 0 aromatic rings. The third-order valence-electron chi connectivity index (χ3n) is 3.25. The van der Waals surface area contributed by atoms with E-state index in [2.05, 4.69) is 59.7 Å². The van der Waals surface area contributed by atoms with Crippen LogP contribution in [0.25, 0.3) is 0 Å². The van der Waals surface area contributed by atoms with Crippen molar-refractivity contribution in [3.8, 4) is 0 Å². The summed E-state index contributed by atoms with van der Waals surface area (Å²) in [7, 11) is 4.02. The second-order valence-electron chi connectivity index (χ2n) is 5.40. The topological polar surface area (TPSA) is 30.9 Å².